The van der Waals surface area contributed by atoms with Gasteiger partial charge in [0, 0.05) is 11.1 Å². The molecule has 1 amide bonds. The van der Waals surface area contributed by atoms with Crippen molar-refractivity contribution < 1.29 is 13.9 Å². The molecule has 0 aliphatic heterocycles. The van der Waals surface area contributed by atoms with Gasteiger partial charge in [-0.1, -0.05) is 43.5 Å². The summed E-state index contributed by atoms with van der Waals surface area (Å²) in [5.41, 5.74) is 2.74. The van der Waals surface area contributed by atoms with Crippen LogP contribution < -0.4 is 10.1 Å². The molecule has 2 aromatic carbocycles. The normalized spacial score (nSPS) is 15.1. The Hall–Kier alpha value is -2.75. The summed E-state index contributed by atoms with van der Waals surface area (Å²) in [6.45, 7) is 0. The number of carbonyl (C=O) groups excluding carboxylic acids is 1. The van der Waals surface area contributed by atoms with E-state index in [2.05, 4.69) is 17.4 Å². The number of ether oxygens (including phenoxy) is 1. The van der Waals surface area contributed by atoms with Gasteiger partial charge in [-0.15, -0.1) is 0 Å². The Morgan fingerprint density at radius 2 is 1.85 bits per heavy atom. The van der Waals surface area contributed by atoms with E-state index in [1.807, 2.05) is 30.3 Å². The maximum atomic E-state index is 12.5. The van der Waals surface area contributed by atoms with Crippen LogP contribution in [0.4, 0.5) is 5.69 Å². The number of nitrogens with one attached hydrogen (secondary N) is 1. The number of benzene rings is 2. The zero-order chi connectivity index (χ0) is 17.9. The Kier molecular flexibility index (Phi) is 4.65. The molecule has 0 atom stereocenters. The molecule has 1 aliphatic carbocycles. The van der Waals surface area contributed by atoms with E-state index >= 15 is 0 Å². The third-order valence-electron chi connectivity index (χ3n) is 5.20. The monoisotopic (exact) mass is 349 g/mol. The van der Waals surface area contributed by atoms with Crippen molar-refractivity contribution in [2.24, 2.45) is 0 Å². The predicted molar refractivity (Wildman–Crippen MR) is 103 cm³/mol. The molecule has 26 heavy (non-hydrogen) atoms. The van der Waals surface area contributed by atoms with E-state index in [0.717, 1.165) is 11.1 Å². The van der Waals surface area contributed by atoms with Gasteiger partial charge in [-0.2, -0.15) is 0 Å². The summed E-state index contributed by atoms with van der Waals surface area (Å²) in [5.74, 6) is 1.31. The SMILES string of the molecule is COc1cccc2cc(C(=O)Nc3ccc(C4CCCCC4)cc3)oc12. The van der Waals surface area contributed by atoms with E-state index in [1.54, 1.807) is 13.2 Å². The Labute approximate surface area is 153 Å². The number of fused-ring (bicyclic) bond motifs is 1. The fraction of sp³-hybridized carbons (Fsp3) is 0.318. The summed E-state index contributed by atoms with van der Waals surface area (Å²) < 4.78 is 11.0. The van der Waals surface area contributed by atoms with E-state index in [4.69, 9.17) is 9.15 Å². The fourth-order valence-electron chi connectivity index (χ4n) is 3.78. The first kappa shape index (κ1) is 16.7. The van der Waals surface area contributed by atoms with Crippen molar-refractivity contribution in [3.63, 3.8) is 0 Å². The van der Waals surface area contributed by atoms with Gasteiger partial charge in [-0.25, -0.2) is 0 Å². The molecule has 0 spiro atoms. The molecule has 1 heterocycles. The quantitative estimate of drug-likeness (QED) is 0.653. The maximum absolute atomic E-state index is 12.5. The number of para-hydroxylation sites is 1. The van der Waals surface area contributed by atoms with Crippen LogP contribution in [0.15, 0.2) is 52.9 Å². The zero-order valence-electron chi connectivity index (χ0n) is 15.0. The number of rotatable bonds is 4. The van der Waals surface area contributed by atoms with Gasteiger partial charge in [0.1, 0.15) is 0 Å². The van der Waals surface area contributed by atoms with Crippen LogP contribution in [0.3, 0.4) is 0 Å². The molecule has 0 radical (unpaired) electrons. The summed E-state index contributed by atoms with van der Waals surface area (Å²) >= 11 is 0. The van der Waals surface area contributed by atoms with Gasteiger partial charge in [-0.05, 0) is 48.6 Å². The predicted octanol–water partition coefficient (Wildman–Crippen LogP) is 5.74. The molecule has 1 aliphatic rings. The summed E-state index contributed by atoms with van der Waals surface area (Å²) in [6.07, 6.45) is 6.53. The van der Waals surface area contributed by atoms with Crippen LogP contribution >= 0.6 is 0 Å². The van der Waals surface area contributed by atoms with Crippen molar-refractivity contribution in [2.45, 2.75) is 38.0 Å². The van der Waals surface area contributed by atoms with Crippen LogP contribution in [0.1, 0.15) is 54.1 Å². The smallest absolute Gasteiger partial charge is 0.291 e. The summed E-state index contributed by atoms with van der Waals surface area (Å²) in [5, 5.41) is 3.76. The van der Waals surface area contributed by atoms with E-state index < -0.39 is 0 Å². The number of hydrogen-bond acceptors (Lipinski definition) is 3. The highest BCUT2D eigenvalue weighted by molar-refractivity contribution is 6.05. The van der Waals surface area contributed by atoms with Gasteiger partial charge >= 0.3 is 0 Å². The van der Waals surface area contributed by atoms with Gasteiger partial charge < -0.3 is 14.5 Å². The first-order valence-electron chi connectivity index (χ1n) is 9.22. The molecule has 3 aromatic rings. The molecule has 1 aromatic heterocycles. The molecule has 1 saturated carbocycles. The van der Waals surface area contributed by atoms with Gasteiger partial charge in [0.2, 0.25) is 0 Å². The fourth-order valence-corrected chi connectivity index (χ4v) is 3.78. The molecular weight excluding hydrogens is 326 g/mol. The summed E-state index contributed by atoms with van der Waals surface area (Å²) in [6, 6.07) is 15.6. The van der Waals surface area contributed by atoms with Crippen molar-refractivity contribution in [3.05, 3.63) is 59.9 Å². The van der Waals surface area contributed by atoms with Crippen molar-refractivity contribution in [3.8, 4) is 5.75 Å². The van der Waals surface area contributed by atoms with Crippen molar-refractivity contribution in [1.82, 2.24) is 0 Å². The Balaban J connectivity index is 1.49. The second kappa shape index (κ2) is 7.24. The topological polar surface area (TPSA) is 51.5 Å². The van der Waals surface area contributed by atoms with E-state index in [-0.39, 0.29) is 11.7 Å². The zero-order valence-corrected chi connectivity index (χ0v) is 15.0. The molecule has 0 unspecified atom stereocenters. The van der Waals surface area contributed by atoms with Crippen LogP contribution in [0.2, 0.25) is 0 Å². The van der Waals surface area contributed by atoms with Crippen LogP contribution in [0.25, 0.3) is 11.0 Å². The first-order chi connectivity index (χ1) is 12.7. The average Bonchev–Trinajstić information content (AvgIpc) is 3.14. The highest BCUT2D eigenvalue weighted by atomic mass is 16.5. The second-order valence-corrected chi connectivity index (χ2v) is 6.90. The average molecular weight is 349 g/mol. The van der Waals surface area contributed by atoms with Crippen molar-refractivity contribution in [1.29, 1.82) is 0 Å². The molecular formula is C22H23NO3. The largest absolute Gasteiger partial charge is 0.493 e. The van der Waals surface area contributed by atoms with Crippen LogP contribution in [-0.2, 0) is 0 Å². The number of hydrogen-bond donors (Lipinski definition) is 1. The lowest BCUT2D eigenvalue weighted by Crippen LogP contribution is -2.11. The summed E-state index contributed by atoms with van der Waals surface area (Å²) in [4.78, 5) is 12.5. The minimum Gasteiger partial charge on any atom is -0.493 e. The highest BCUT2D eigenvalue weighted by Gasteiger charge is 2.17. The number of amides is 1. The molecule has 0 saturated heterocycles. The molecule has 134 valence electrons. The lowest BCUT2D eigenvalue weighted by atomic mass is 9.84. The first-order valence-corrected chi connectivity index (χ1v) is 9.22. The lowest BCUT2D eigenvalue weighted by Gasteiger charge is -2.22. The second-order valence-electron chi connectivity index (χ2n) is 6.90. The molecule has 4 rings (SSSR count). The molecule has 1 N–H and O–H groups in total. The number of carbonyl (C=O) groups is 1. The minimum absolute atomic E-state index is 0.256. The molecule has 1 fully saturated rings. The van der Waals surface area contributed by atoms with E-state index in [9.17, 15) is 4.79 Å². The maximum Gasteiger partial charge on any atom is 0.291 e. The van der Waals surface area contributed by atoms with E-state index in [0.29, 0.717) is 17.3 Å². The number of methoxy groups -OCH3 is 1. The molecule has 4 heteroatoms. The standard InChI is InChI=1S/C22H23NO3/c1-25-19-9-5-8-17-14-20(26-21(17)19)22(24)23-18-12-10-16(11-13-18)15-6-3-2-4-7-15/h5,8-15H,2-4,6-7H2,1H3,(H,23,24). The van der Waals surface area contributed by atoms with Crippen LogP contribution in [0.5, 0.6) is 5.75 Å². The number of anilines is 1. The van der Waals surface area contributed by atoms with Crippen LogP contribution in [0, 0.1) is 0 Å². The van der Waals surface area contributed by atoms with Crippen LogP contribution in [-0.4, -0.2) is 13.0 Å². The van der Waals surface area contributed by atoms with E-state index in [1.165, 1.54) is 37.7 Å². The van der Waals surface area contributed by atoms with Gasteiger partial charge in [-0.3, -0.25) is 4.79 Å². The third-order valence-corrected chi connectivity index (χ3v) is 5.20. The number of furan rings is 1. The Morgan fingerprint density at radius 1 is 1.08 bits per heavy atom. The van der Waals surface area contributed by atoms with Gasteiger partial charge in [0.05, 0.1) is 7.11 Å². The molecule has 0 bridgehead atoms. The minimum atomic E-state index is -0.256. The Bertz CT molecular complexity index is 905. The third kappa shape index (κ3) is 3.32. The van der Waals surface area contributed by atoms with Gasteiger partial charge in [0.15, 0.2) is 17.1 Å². The van der Waals surface area contributed by atoms with Crippen molar-refractivity contribution in [2.75, 3.05) is 12.4 Å². The van der Waals surface area contributed by atoms with Gasteiger partial charge in [0.25, 0.3) is 5.91 Å². The summed E-state index contributed by atoms with van der Waals surface area (Å²) in [7, 11) is 1.59. The Morgan fingerprint density at radius 3 is 2.58 bits per heavy atom. The highest BCUT2D eigenvalue weighted by Crippen LogP contribution is 2.33. The van der Waals surface area contributed by atoms with Crippen molar-refractivity contribution >= 4 is 22.6 Å². The molecule has 4 nitrogen and oxygen atoms in total. The lowest BCUT2D eigenvalue weighted by molar-refractivity contribution is 0.0998.